The van der Waals surface area contributed by atoms with E-state index in [0.29, 0.717) is 21.7 Å². The molecular weight excluding hydrogens is 1190 g/mol. The van der Waals surface area contributed by atoms with Gasteiger partial charge in [-0.15, -0.1) is 0 Å². The third-order valence-electron chi connectivity index (χ3n) is 19.0. The Morgan fingerprint density at radius 1 is 0.274 bits per heavy atom. The zero-order valence-electron chi connectivity index (χ0n) is 51.1. The second-order valence-corrected chi connectivity index (χ2v) is 25.4. The number of rotatable bonds is 11. The first-order valence-electron chi connectivity index (χ1n) is 32.0. The molecule has 0 aromatic heterocycles. The molecule has 448 valence electrons. The van der Waals surface area contributed by atoms with E-state index in [2.05, 4.69) is 238 Å². The summed E-state index contributed by atoms with van der Waals surface area (Å²) in [6, 6.07) is 111. The maximum absolute atomic E-state index is 20.3. The minimum absolute atomic E-state index is 0.0856. The standard InChI is InChI=1S/C84H54B2F3N5S/c87-71-41-24-42-72(88)83(71)94-76-51-65(90(59-30-11-3-12-31-59)60-32-13-4-14-33-60)50-75-79(76)85(67-39-19-21-43-73(67)92(75)61-34-15-5-16-35-61)69-54-70-84(81(89)82(69)94)95-78-53-66(52-77-80(78)86(70)68-40-20-22-44-74(68)93(77)62-36-17-6-18-37-62)91(63-47-45-57(46-48-63)55-25-7-1-8-26-55)64-38-23-29-58(49-64)56-27-9-2-10-28-56/h1-54H. The van der Waals surface area contributed by atoms with Crippen molar-refractivity contribution in [2.75, 3.05) is 24.5 Å². The van der Waals surface area contributed by atoms with E-state index in [9.17, 15) is 0 Å². The Balaban J connectivity index is 0.917. The molecule has 4 aliphatic heterocycles. The van der Waals surface area contributed by atoms with E-state index in [-0.39, 0.29) is 11.4 Å². The van der Waals surface area contributed by atoms with Crippen LogP contribution in [-0.4, -0.2) is 13.4 Å². The molecule has 0 radical (unpaired) electrons. The van der Waals surface area contributed by atoms with Crippen molar-refractivity contribution in [3.63, 3.8) is 0 Å². The quantitative estimate of drug-likeness (QED) is 0.119. The Bertz CT molecular complexity index is 5250. The molecule has 4 aliphatic rings. The summed E-state index contributed by atoms with van der Waals surface area (Å²) < 4.78 is 55.6. The lowest BCUT2D eigenvalue weighted by Gasteiger charge is -2.46. The van der Waals surface area contributed by atoms with Gasteiger partial charge in [0.15, 0.2) is 5.82 Å². The molecule has 95 heavy (non-hydrogen) atoms. The van der Waals surface area contributed by atoms with Crippen molar-refractivity contribution >= 4 is 143 Å². The highest BCUT2D eigenvalue weighted by molar-refractivity contribution is 8.00. The van der Waals surface area contributed by atoms with Crippen molar-refractivity contribution in [2.24, 2.45) is 0 Å². The Kier molecular flexibility index (Phi) is 13.5. The van der Waals surface area contributed by atoms with Crippen LogP contribution in [0.2, 0.25) is 0 Å². The van der Waals surface area contributed by atoms with E-state index < -0.39 is 30.9 Å². The van der Waals surface area contributed by atoms with Crippen molar-refractivity contribution in [3.05, 3.63) is 345 Å². The summed E-state index contributed by atoms with van der Waals surface area (Å²) in [5, 5.41) is 0. The highest BCUT2D eigenvalue weighted by Crippen LogP contribution is 2.53. The molecule has 14 aromatic carbocycles. The van der Waals surface area contributed by atoms with Gasteiger partial charge in [0.1, 0.15) is 17.3 Å². The van der Waals surface area contributed by atoms with Gasteiger partial charge in [0.25, 0.3) is 6.71 Å². The molecule has 11 heteroatoms. The normalized spacial score (nSPS) is 12.9. The fourth-order valence-electron chi connectivity index (χ4n) is 15.0. The molecule has 0 unspecified atom stereocenters. The summed E-state index contributed by atoms with van der Waals surface area (Å²) in [5.41, 5.74) is 20.2. The van der Waals surface area contributed by atoms with Gasteiger partial charge >= 0.3 is 0 Å². The van der Waals surface area contributed by atoms with Crippen molar-refractivity contribution in [2.45, 2.75) is 9.79 Å². The molecule has 0 bridgehead atoms. The molecule has 14 aromatic rings. The monoisotopic (exact) mass is 1240 g/mol. The number of nitrogens with zero attached hydrogens (tertiary/aromatic N) is 5. The first kappa shape index (κ1) is 56.1. The Hall–Kier alpha value is -11.7. The summed E-state index contributed by atoms with van der Waals surface area (Å²) in [5.74, 6) is -2.22. The predicted molar refractivity (Wildman–Crippen MR) is 390 cm³/mol. The van der Waals surface area contributed by atoms with Crippen LogP contribution in [0.3, 0.4) is 0 Å². The maximum atomic E-state index is 20.3. The molecule has 0 N–H and O–H groups in total. The zero-order chi connectivity index (χ0) is 63.3. The molecule has 18 rings (SSSR count). The molecule has 0 saturated heterocycles. The van der Waals surface area contributed by atoms with Gasteiger partial charge in [-0.2, -0.15) is 0 Å². The Morgan fingerprint density at radius 3 is 1.25 bits per heavy atom. The van der Waals surface area contributed by atoms with Crippen LogP contribution >= 0.6 is 11.8 Å². The van der Waals surface area contributed by atoms with E-state index in [1.807, 2.05) is 91.0 Å². The summed E-state index contributed by atoms with van der Waals surface area (Å²) in [6.07, 6.45) is 0. The first-order valence-corrected chi connectivity index (χ1v) is 32.8. The third kappa shape index (κ3) is 9.20. The Morgan fingerprint density at radius 2 is 0.684 bits per heavy atom. The second-order valence-electron chi connectivity index (χ2n) is 24.3. The fourth-order valence-corrected chi connectivity index (χ4v) is 16.2. The van der Waals surface area contributed by atoms with Gasteiger partial charge in [0.05, 0.1) is 11.4 Å². The van der Waals surface area contributed by atoms with Crippen LogP contribution in [-0.2, 0) is 0 Å². The van der Waals surface area contributed by atoms with Gasteiger partial charge in [0, 0.05) is 78.0 Å². The lowest BCUT2D eigenvalue weighted by atomic mass is 9.31. The van der Waals surface area contributed by atoms with E-state index in [1.165, 1.54) is 30.0 Å². The minimum atomic E-state index is -0.826. The predicted octanol–water partition coefficient (Wildman–Crippen LogP) is 19.2. The van der Waals surface area contributed by atoms with Crippen LogP contribution in [0.5, 0.6) is 0 Å². The number of fused-ring (bicyclic) bond motifs is 8. The number of halogens is 3. The van der Waals surface area contributed by atoms with Crippen molar-refractivity contribution in [3.8, 4) is 22.3 Å². The van der Waals surface area contributed by atoms with Gasteiger partial charge in [-0.25, -0.2) is 13.2 Å². The van der Waals surface area contributed by atoms with Crippen LogP contribution in [0.15, 0.2) is 337 Å². The van der Waals surface area contributed by atoms with E-state index in [4.69, 9.17) is 0 Å². The lowest BCUT2D eigenvalue weighted by Crippen LogP contribution is -2.65. The molecular formula is C84H54B2F3N5S. The maximum Gasteiger partial charge on any atom is 0.252 e. The molecule has 0 aliphatic carbocycles. The molecule has 5 nitrogen and oxygen atoms in total. The van der Waals surface area contributed by atoms with E-state index in [1.54, 1.807) is 4.90 Å². The summed E-state index contributed by atoms with van der Waals surface area (Å²) in [6.45, 7) is -1.11. The van der Waals surface area contributed by atoms with Crippen LogP contribution in [0.1, 0.15) is 0 Å². The average Bonchev–Trinajstić information content (AvgIpc) is 0.686. The van der Waals surface area contributed by atoms with Crippen LogP contribution in [0.4, 0.5) is 98.5 Å². The van der Waals surface area contributed by atoms with Gasteiger partial charge in [0.2, 0.25) is 6.71 Å². The second kappa shape index (κ2) is 22.9. The third-order valence-corrected chi connectivity index (χ3v) is 20.2. The number of hydrogen-bond acceptors (Lipinski definition) is 6. The minimum Gasteiger partial charge on any atom is -0.311 e. The Labute approximate surface area is 554 Å². The molecule has 0 atom stereocenters. The van der Waals surface area contributed by atoms with Crippen LogP contribution < -0.4 is 57.3 Å². The highest BCUT2D eigenvalue weighted by Gasteiger charge is 2.50. The first-order chi connectivity index (χ1) is 46.9. The van der Waals surface area contributed by atoms with Crippen LogP contribution in [0.25, 0.3) is 22.3 Å². The highest BCUT2D eigenvalue weighted by atomic mass is 32.2. The molecule has 0 fully saturated rings. The largest absolute Gasteiger partial charge is 0.311 e. The van der Waals surface area contributed by atoms with Crippen LogP contribution in [0, 0.1) is 17.5 Å². The van der Waals surface area contributed by atoms with Crippen molar-refractivity contribution in [1.82, 2.24) is 0 Å². The van der Waals surface area contributed by atoms with Gasteiger partial charge in [-0.05, 0) is 171 Å². The summed E-state index contributed by atoms with van der Waals surface area (Å²) in [7, 11) is 0. The molecule has 0 saturated carbocycles. The zero-order valence-corrected chi connectivity index (χ0v) is 51.9. The number of para-hydroxylation sites is 7. The topological polar surface area (TPSA) is 16.2 Å². The van der Waals surface area contributed by atoms with E-state index >= 15 is 13.2 Å². The molecule has 4 heterocycles. The molecule has 0 amide bonds. The van der Waals surface area contributed by atoms with Gasteiger partial charge < -0.3 is 24.5 Å². The number of benzene rings is 14. The number of hydrogen-bond donors (Lipinski definition) is 0. The average molecular weight is 1240 g/mol. The van der Waals surface area contributed by atoms with E-state index in [0.717, 1.165) is 117 Å². The summed E-state index contributed by atoms with van der Waals surface area (Å²) in [4.78, 5) is 11.9. The fraction of sp³-hybridized carbons (Fsp3) is 0. The summed E-state index contributed by atoms with van der Waals surface area (Å²) >= 11 is 1.38. The van der Waals surface area contributed by atoms with Gasteiger partial charge in [-0.3, -0.25) is 0 Å². The molecule has 0 spiro atoms. The lowest BCUT2D eigenvalue weighted by molar-refractivity contribution is 0.580. The number of anilines is 15. The van der Waals surface area contributed by atoms with Gasteiger partial charge in [-0.1, -0.05) is 223 Å². The smallest absolute Gasteiger partial charge is 0.252 e. The van der Waals surface area contributed by atoms with Crippen molar-refractivity contribution in [1.29, 1.82) is 0 Å². The SMILES string of the molecule is Fc1cccc(F)c1N1c2cc(N(c3ccccc3)c3ccccc3)cc3c2B(c2ccccc2N3c2ccccc2)c2cc3c(c(F)c21)Sc1cc(N(c2ccc(-c4ccccc4)cc2)c2cccc(-c4ccccc4)c2)cc2c1B3c1ccccc1N2c1ccccc1. The van der Waals surface area contributed by atoms with Crippen molar-refractivity contribution < 1.29 is 13.2 Å².